The third-order valence-electron chi connectivity index (χ3n) is 4.68. The van der Waals surface area contributed by atoms with E-state index in [1.165, 1.54) is 16.7 Å². The van der Waals surface area contributed by atoms with Crippen molar-refractivity contribution in [3.05, 3.63) is 77.9 Å². The van der Waals surface area contributed by atoms with Gasteiger partial charge in [-0.25, -0.2) is 0 Å². The highest BCUT2D eigenvalue weighted by Gasteiger charge is 2.46. The summed E-state index contributed by atoms with van der Waals surface area (Å²) in [6.07, 6.45) is 3.38. The van der Waals surface area contributed by atoms with E-state index >= 15 is 0 Å². The summed E-state index contributed by atoms with van der Waals surface area (Å²) in [6.45, 7) is 2.15. The van der Waals surface area contributed by atoms with E-state index < -0.39 is 0 Å². The number of fused-ring (bicyclic) bond motifs is 1. The molecule has 3 heteroatoms. The third-order valence-corrected chi connectivity index (χ3v) is 4.68. The van der Waals surface area contributed by atoms with Crippen molar-refractivity contribution in [3.63, 3.8) is 0 Å². The SMILES string of the molecule is C(=C(c1ccccc1)c1ccccc1)C12CNCCC1OCO2. The van der Waals surface area contributed by atoms with E-state index in [0.717, 1.165) is 19.5 Å². The summed E-state index contributed by atoms with van der Waals surface area (Å²) in [5.74, 6) is 0. The maximum Gasteiger partial charge on any atom is 0.148 e. The van der Waals surface area contributed by atoms with Gasteiger partial charge in [-0.05, 0) is 35.7 Å². The molecule has 2 saturated heterocycles. The zero-order valence-electron chi connectivity index (χ0n) is 13.1. The Kier molecular flexibility index (Phi) is 4.00. The van der Waals surface area contributed by atoms with Crippen LogP contribution in [-0.2, 0) is 9.47 Å². The molecule has 23 heavy (non-hydrogen) atoms. The van der Waals surface area contributed by atoms with Crippen LogP contribution in [0.2, 0.25) is 0 Å². The molecule has 0 radical (unpaired) electrons. The Labute approximate surface area is 136 Å². The van der Waals surface area contributed by atoms with Crippen LogP contribution in [0.25, 0.3) is 5.57 Å². The summed E-state index contributed by atoms with van der Waals surface area (Å²) in [6, 6.07) is 21.0. The number of piperidine rings is 1. The average Bonchev–Trinajstić information content (AvgIpc) is 3.05. The maximum absolute atomic E-state index is 6.06. The minimum absolute atomic E-state index is 0.131. The zero-order chi connectivity index (χ0) is 15.5. The summed E-state index contributed by atoms with van der Waals surface area (Å²) in [5.41, 5.74) is 3.23. The van der Waals surface area contributed by atoms with Gasteiger partial charge in [0.1, 0.15) is 12.4 Å². The van der Waals surface area contributed by atoms with Crippen LogP contribution < -0.4 is 5.32 Å². The molecule has 0 bridgehead atoms. The van der Waals surface area contributed by atoms with E-state index in [1.807, 2.05) is 12.1 Å². The predicted molar refractivity (Wildman–Crippen MR) is 91.0 cm³/mol. The van der Waals surface area contributed by atoms with Gasteiger partial charge in [0.05, 0.1) is 6.10 Å². The molecule has 2 aliphatic heterocycles. The van der Waals surface area contributed by atoms with Crippen LogP contribution in [0.4, 0.5) is 0 Å². The first kappa shape index (κ1) is 14.6. The molecule has 2 atom stereocenters. The van der Waals surface area contributed by atoms with Gasteiger partial charge in [0.25, 0.3) is 0 Å². The van der Waals surface area contributed by atoms with Gasteiger partial charge in [-0.1, -0.05) is 60.7 Å². The van der Waals surface area contributed by atoms with Gasteiger partial charge in [-0.2, -0.15) is 0 Å². The summed E-state index contributed by atoms with van der Waals surface area (Å²) in [7, 11) is 0. The van der Waals surface area contributed by atoms with E-state index in [-0.39, 0.29) is 11.7 Å². The summed E-state index contributed by atoms with van der Waals surface area (Å²) in [4.78, 5) is 0. The first-order valence-electron chi connectivity index (χ1n) is 8.17. The molecule has 118 valence electrons. The number of benzene rings is 2. The van der Waals surface area contributed by atoms with Gasteiger partial charge < -0.3 is 14.8 Å². The number of rotatable bonds is 3. The molecule has 2 heterocycles. The van der Waals surface area contributed by atoms with Crippen LogP contribution in [0.3, 0.4) is 0 Å². The van der Waals surface area contributed by atoms with Crippen LogP contribution in [0.1, 0.15) is 17.5 Å². The van der Waals surface area contributed by atoms with Crippen LogP contribution >= 0.6 is 0 Å². The van der Waals surface area contributed by atoms with Crippen LogP contribution in [0.5, 0.6) is 0 Å². The highest BCUT2D eigenvalue weighted by molar-refractivity contribution is 5.80. The quantitative estimate of drug-likeness (QED) is 0.944. The lowest BCUT2D eigenvalue weighted by atomic mass is 9.85. The fourth-order valence-corrected chi connectivity index (χ4v) is 3.47. The Bertz CT molecular complexity index is 642. The number of hydrogen-bond acceptors (Lipinski definition) is 3. The number of hydrogen-bond donors (Lipinski definition) is 1. The molecular weight excluding hydrogens is 286 g/mol. The molecule has 2 aromatic carbocycles. The maximum atomic E-state index is 6.06. The van der Waals surface area contributed by atoms with Crippen LogP contribution in [0.15, 0.2) is 66.7 Å². The van der Waals surface area contributed by atoms with Crippen molar-refractivity contribution in [2.45, 2.75) is 18.1 Å². The Morgan fingerprint density at radius 1 is 1.00 bits per heavy atom. The van der Waals surface area contributed by atoms with Crippen LogP contribution in [-0.4, -0.2) is 31.6 Å². The minimum atomic E-state index is -0.376. The molecular formula is C20H21NO2. The molecule has 4 rings (SSSR count). The van der Waals surface area contributed by atoms with Crippen molar-refractivity contribution in [3.8, 4) is 0 Å². The predicted octanol–water partition coefficient (Wildman–Crippen LogP) is 3.22. The summed E-state index contributed by atoms with van der Waals surface area (Å²) < 4.78 is 11.9. The molecule has 2 unspecified atom stereocenters. The van der Waals surface area contributed by atoms with Gasteiger partial charge in [0.15, 0.2) is 0 Å². The van der Waals surface area contributed by atoms with Gasteiger partial charge in [0.2, 0.25) is 0 Å². The normalized spacial score (nSPS) is 26.5. The van der Waals surface area contributed by atoms with Crippen molar-refractivity contribution in [1.82, 2.24) is 5.32 Å². The molecule has 2 fully saturated rings. The first-order chi connectivity index (χ1) is 11.4. The second-order valence-electron chi connectivity index (χ2n) is 6.13. The number of nitrogens with one attached hydrogen (secondary N) is 1. The van der Waals surface area contributed by atoms with E-state index in [2.05, 4.69) is 59.9 Å². The fourth-order valence-electron chi connectivity index (χ4n) is 3.47. The van der Waals surface area contributed by atoms with E-state index in [1.54, 1.807) is 0 Å². The lowest BCUT2D eigenvalue weighted by Crippen LogP contribution is -2.52. The molecule has 3 nitrogen and oxygen atoms in total. The second kappa shape index (κ2) is 6.28. The van der Waals surface area contributed by atoms with Crippen LogP contribution in [0, 0.1) is 0 Å². The minimum Gasteiger partial charge on any atom is -0.349 e. The number of ether oxygens (including phenoxy) is 2. The highest BCUT2D eigenvalue weighted by atomic mass is 16.7. The molecule has 2 aliphatic rings. The van der Waals surface area contributed by atoms with Gasteiger partial charge >= 0.3 is 0 Å². The lowest BCUT2D eigenvalue weighted by molar-refractivity contribution is 0.0175. The topological polar surface area (TPSA) is 30.5 Å². The van der Waals surface area contributed by atoms with Crippen molar-refractivity contribution in [1.29, 1.82) is 0 Å². The molecule has 0 saturated carbocycles. The van der Waals surface area contributed by atoms with Gasteiger partial charge in [-0.3, -0.25) is 0 Å². The lowest BCUT2D eigenvalue weighted by Gasteiger charge is -2.35. The Balaban J connectivity index is 1.82. The third kappa shape index (κ3) is 2.83. The molecule has 0 aliphatic carbocycles. The molecule has 1 N–H and O–H groups in total. The van der Waals surface area contributed by atoms with E-state index in [9.17, 15) is 0 Å². The van der Waals surface area contributed by atoms with Crippen molar-refractivity contribution in [2.75, 3.05) is 19.9 Å². The molecule has 0 amide bonds. The van der Waals surface area contributed by atoms with Crippen molar-refractivity contribution in [2.24, 2.45) is 0 Å². The van der Waals surface area contributed by atoms with E-state index in [4.69, 9.17) is 9.47 Å². The molecule has 2 aromatic rings. The largest absolute Gasteiger partial charge is 0.349 e. The first-order valence-corrected chi connectivity index (χ1v) is 8.17. The highest BCUT2D eigenvalue weighted by Crippen LogP contribution is 2.36. The molecule has 0 spiro atoms. The van der Waals surface area contributed by atoms with Gasteiger partial charge in [-0.15, -0.1) is 0 Å². The second-order valence-corrected chi connectivity index (χ2v) is 6.13. The summed E-state index contributed by atoms with van der Waals surface area (Å²) in [5, 5.41) is 3.46. The zero-order valence-corrected chi connectivity index (χ0v) is 13.1. The Morgan fingerprint density at radius 2 is 1.65 bits per heavy atom. The smallest absolute Gasteiger partial charge is 0.148 e. The van der Waals surface area contributed by atoms with Crippen molar-refractivity contribution >= 4 is 5.57 Å². The average molecular weight is 307 g/mol. The summed E-state index contributed by atoms with van der Waals surface area (Å²) >= 11 is 0. The molecule has 0 aromatic heterocycles. The van der Waals surface area contributed by atoms with Gasteiger partial charge in [0, 0.05) is 6.54 Å². The van der Waals surface area contributed by atoms with E-state index in [0.29, 0.717) is 6.79 Å². The monoisotopic (exact) mass is 307 g/mol. The van der Waals surface area contributed by atoms with Crippen molar-refractivity contribution < 1.29 is 9.47 Å². The fraction of sp³-hybridized carbons (Fsp3) is 0.300. The standard InChI is InChI=1S/C20H21NO2/c1-3-7-16(8-4-1)18(17-9-5-2-6-10-17)13-20-14-21-12-11-19(20)22-15-23-20/h1-10,13,19,21H,11-12,14-15H2. The Hall–Kier alpha value is -1.94. The Morgan fingerprint density at radius 3 is 2.30 bits per heavy atom.